The summed E-state index contributed by atoms with van der Waals surface area (Å²) in [4.78, 5) is 37.0. The third-order valence-electron chi connectivity index (χ3n) is 9.53. The summed E-state index contributed by atoms with van der Waals surface area (Å²) in [7, 11) is -2.14. The third kappa shape index (κ3) is 10.5. The van der Waals surface area contributed by atoms with Crippen LogP contribution in [0.15, 0.2) is 53.6 Å². The molecule has 0 spiro atoms. The van der Waals surface area contributed by atoms with Crippen molar-refractivity contribution < 1.29 is 37.0 Å². The van der Waals surface area contributed by atoms with E-state index >= 15 is 0 Å². The molecule has 2 unspecified atom stereocenters. The molecule has 3 aromatic rings. The molecule has 0 aliphatic carbocycles. The topological polar surface area (TPSA) is 172 Å². The predicted octanol–water partition coefficient (Wildman–Crippen LogP) is 7.54. The standard InChI is InChI=1S/C40H55N5O8S/c1-39(2,3)53-38(47)45(6)26-28-14-13-16-31-35(28)51-23-11-8-7-9-15-29(52-33-17-10-12-22-50-33)24-40(4,5)54(48,49)30-20-18-27(19-21-30)32-25-42-36(41)34(43-32)37(46)44-31/h13-14,16,18-21,25,29,33H,7-12,15,17,22-24,26H2,1-6H3,(H2,41,42)(H,44,46). The van der Waals surface area contributed by atoms with Gasteiger partial charge in [-0.25, -0.2) is 23.2 Å². The van der Waals surface area contributed by atoms with Gasteiger partial charge >= 0.3 is 6.09 Å². The van der Waals surface area contributed by atoms with Gasteiger partial charge in [0.25, 0.3) is 5.91 Å². The molecule has 0 saturated carbocycles. The maximum atomic E-state index is 14.1. The minimum Gasteiger partial charge on any atom is -0.491 e. The number of rotatable bonds is 4. The van der Waals surface area contributed by atoms with Crippen molar-refractivity contribution in [2.75, 3.05) is 31.3 Å². The molecule has 2 atom stereocenters. The summed E-state index contributed by atoms with van der Waals surface area (Å²) in [5.41, 5.74) is 7.34. The van der Waals surface area contributed by atoms with E-state index in [4.69, 9.17) is 24.7 Å². The molecular weight excluding hydrogens is 711 g/mol. The van der Waals surface area contributed by atoms with E-state index in [0.717, 1.165) is 44.9 Å². The van der Waals surface area contributed by atoms with E-state index in [2.05, 4.69) is 15.3 Å². The number of sulfone groups is 1. The van der Waals surface area contributed by atoms with E-state index in [9.17, 15) is 18.0 Å². The number of nitrogens with zero attached hydrogens (tertiary/aromatic N) is 3. The van der Waals surface area contributed by atoms with Crippen LogP contribution in [0.5, 0.6) is 5.75 Å². The summed E-state index contributed by atoms with van der Waals surface area (Å²) < 4.78 is 51.3. The molecule has 4 heterocycles. The van der Waals surface area contributed by atoms with Crippen LogP contribution < -0.4 is 15.8 Å². The van der Waals surface area contributed by atoms with Crippen LogP contribution in [0.3, 0.4) is 0 Å². The fourth-order valence-electron chi connectivity index (χ4n) is 6.56. The van der Waals surface area contributed by atoms with E-state index in [1.54, 1.807) is 78.1 Å². The van der Waals surface area contributed by atoms with Gasteiger partial charge in [-0.2, -0.15) is 0 Å². The van der Waals surface area contributed by atoms with Crippen LogP contribution in [-0.2, 0) is 30.6 Å². The maximum Gasteiger partial charge on any atom is 0.410 e. The number of nitrogens with one attached hydrogen (secondary N) is 1. The Morgan fingerprint density at radius 1 is 1.02 bits per heavy atom. The van der Waals surface area contributed by atoms with E-state index in [1.165, 1.54) is 11.1 Å². The van der Waals surface area contributed by atoms with Crippen molar-refractivity contribution in [1.82, 2.24) is 14.9 Å². The average Bonchev–Trinajstić information content (AvgIpc) is 3.11. The van der Waals surface area contributed by atoms with Crippen LogP contribution in [0.1, 0.15) is 108 Å². The van der Waals surface area contributed by atoms with Crippen LogP contribution in [0, 0.1) is 0 Å². The van der Waals surface area contributed by atoms with Crippen molar-refractivity contribution in [3.8, 4) is 17.0 Å². The summed E-state index contributed by atoms with van der Waals surface area (Å²) in [6.07, 6.45) is 7.36. The monoisotopic (exact) mass is 765 g/mol. The molecule has 54 heavy (non-hydrogen) atoms. The highest BCUT2D eigenvalue weighted by Gasteiger charge is 2.39. The molecule has 1 fully saturated rings. The van der Waals surface area contributed by atoms with E-state index in [0.29, 0.717) is 54.3 Å². The zero-order chi connectivity index (χ0) is 39.1. The van der Waals surface area contributed by atoms with Crippen molar-refractivity contribution in [3.63, 3.8) is 0 Å². The van der Waals surface area contributed by atoms with Gasteiger partial charge in [-0.05, 0) is 91.3 Å². The lowest BCUT2D eigenvalue weighted by molar-refractivity contribution is -0.191. The smallest absolute Gasteiger partial charge is 0.410 e. The number of nitrogens with two attached hydrogens (primary N) is 1. The molecule has 3 aliphatic rings. The predicted molar refractivity (Wildman–Crippen MR) is 207 cm³/mol. The minimum absolute atomic E-state index is 0.0784. The van der Waals surface area contributed by atoms with E-state index in [-0.39, 0.29) is 35.3 Å². The highest BCUT2D eigenvalue weighted by atomic mass is 32.2. The molecule has 4 bridgehead atoms. The number of para-hydroxylation sites is 1. The number of carbonyl (C=O) groups is 2. The number of nitrogen functional groups attached to an aromatic ring is 1. The second-order valence-corrected chi connectivity index (χ2v) is 18.3. The van der Waals surface area contributed by atoms with E-state index < -0.39 is 32.2 Å². The normalized spacial score (nSPS) is 21.0. The van der Waals surface area contributed by atoms with Gasteiger partial charge in [0.15, 0.2) is 27.6 Å². The van der Waals surface area contributed by atoms with Crippen LogP contribution in [0.4, 0.5) is 16.3 Å². The maximum absolute atomic E-state index is 14.1. The molecule has 2 aromatic carbocycles. The van der Waals surface area contributed by atoms with Gasteiger partial charge in [-0.1, -0.05) is 43.5 Å². The molecule has 6 rings (SSSR count). The Hall–Kier alpha value is -4.27. The summed E-state index contributed by atoms with van der Waals surface area (Å²) in [5, 5.41) is 2.90. The summed E-state index contributed by atoms with van der Waals surface area (Å²) in [6.45, 7) is 10.1. The van der Waals surface area contributed by atoms with Crippen LogP contribution in [-0.4, -0.2) is 78.3 Å². The van der Waals surface area contributed by atoms with Crippen molar-refractivity contribution in [1.29, 1.82) is 0 Å². The van der Waals surface area contributed by atoms with Crippen LogP contribution in [0.2, 0.25) is 0 Å². The van der Waals surface area contributed by atoms with Crippen molar-refractivity contribution in [2.45, 2.75) is 127 Å². The lowest BCUT2D eigenvalue weighted by Gasteiger charge is -2.33. The number of aromatic nitrogens is 2. The average molecular weight is 766 g/mol. The Morgan fingerprint density at radius 3 is 2.43 bits per heavy atom. The van der Waals surface area contributed by atoms with Gasteiger partial charge in [0.2, 0.25) is 0 Å². The molecule has 0 radical (unpaired) electrons. The fourth-order valence-corrected chi connectivity index (χ4v) is 8.10. The van der Waals surface area contributed by atoms with Gasteiger partial charge in [-0.3, -0.25) is 4.79 Å². The molecule has 1 aromatic heterocycles. The molecule has 3 N–H and O–H groups in total. The SMILES string of the molecule is CN(Cc1cccc2c1OCCCCCCC(OC1CCCCO1)CC(C)(C)S(=O)(=O)c1ccc(cc1)-c1cnc(N)c(n1)C(=O)N2)C(=O)OC(C)(C)C. The second kappa shape index (κ2) is 17.5. The number of fused-ring (bicyclic) bond motifs is 13. The molecule has 14 heteroatoms. The van der Waals surface area contributed by atoms with Crippen LogP contribution in [0.25, 0.3) is 11.3 Å². The molecule has 1 saturated heterocycles. The number of anilines is 2. The Morgan fingerprint density at radius 2 is 1.72 bits per heavy atom. The minimum atomic E-state index is -3.78. The molecule has 2 amide bonds. The van der Waals surface area contributed by atoms with Crippen molar-refractivity contribution >= 4 is 33.3 Å². The number of hydrogen-bond donors (Lipinski definition) is 2. The third-order valence-corrected chi connectivity index (χ3v) is 12.0. The summed E-state index contributed by atoms with van der Waals surface area (Å²) in [5.74, 6) is -0.265. The van der Waals surface area contributed by atoms with Gasteiger partial charge in [0.1, 0.15) is 11.4 Å². The van der Waals surface area contributed by atoms with Gasteiger partial charge in [0, 0.05) is 24.8 Å². The summed E-state index contributed by atoms with van der Waals surface area (Å²) >= 11 is 0. The number of benzene rings is 2. The Bertz CT molecular complexity index is 1870. The highest BCUT2D eigenvalue weighted by Crippen LogP contribution is 2.35. The Balaban J connectivity index is 1.47. The van der Waals surface area contributed by atoms with Gasteiger partial charge in [0.05, 0.1) is 46.5 Å². The first kappa shape index (κ1) is 40.9. The number of amides is 2. The first-order valence-corrected chi connectivity index (χ1v) is 20.3. The van der Waals surface area contributed by atoms with E-state index in [1.807, 2.05) is 6.07 Å². The Labute approximate surface area is 319 Å². The van der Waals surface area contributed by atoms with Gasteiger partial charge in [-0.15, -0.1) is 0 Å². The zero-order valence-electron chi connectivity index (χ0n) is 32.4. The van der Waals surface area contributed by atoms with Gasteiger partial charge < -0.3 is 34.9 Å². The quantitative estimate of drug-likeness (QED) is 0.269. The highest BCUT2D eigenvalue weighted by molar-refractivity contribution is 7.92. The largest absolute Gasteiger partial charge is 0.491 e. The number of hydrogen-bond acceptors (Lipinski definition) is 11. The Kier molecular flexibility index (Phi) is 13.2. The zero-order valence-corrected chi connectivity index (χ0v) is 33.2. The second-order valence-electron chi connectivity index (χ2n) is 15.7. The number of carbonyl (C=O) groups excluding carboxylic acids is 2. The molecular formula is C40H55N5O8S. The first-order valence-electron chi connectivity index (χ1n) is 18.8. The lowest BCUT2D eigenvalue weighted by Crippen LogP contribution is -2.39. The van der Waals surface area contributed by atoms with Crippen molar-refractivity contribution in [2.24, 2.45) is 0 Å². The van der Waals surface area contributed by atoms with Crippen LogP contribution >= 0.6 is 0 Å². The number of ether oxygens (including phenoxy) is 4. The summed E-state index contributed by atoms with van der Waals surface area (Å²) in [6, 6.07) is 11.7. The first-order chi connectivity index (χ1) is 25.5. The lowest BCUT2D eigenvalue weighted by atomic mass is 9.99. The van der Waals surface area contributed by atoms with Crippen molar-refractivity contribution in [3.05, 3.63) is 59.9 Å². The molecule has 3 aliphatic heterocycles. The molecule has 294 valence electrons. The fraction of sp³-hybridized carbons (Fsp3) is 0.550. The molecule has 13 nitrogen and oxygen atoms in total.